The molecule has 0 spiro atoms. The zero-order chi connectivity index (χ0) is 15.7. The van der Waals surface area contributed by atoms with Crippen LogP contribution >= 0.6 is 15.9 Å². The average Bonchev–Trinajstić information content (AvgIpc) is 2.32. The molecule has 1 aliphatic carbocycles. The number of ether oxygens (including phenoxy) is 1. The van der Waals surface area contributed by atoms with Crippen LogP contribution < -0.4 is 10.1 Å². The molecular formula is C15H19BrF3NO. The van der Waals surface area contributed by atoms with Gasteiger partial charge in [-0.15, -0.1) is 13.2 Å². The number of hydrogen-bond acceptors (Lipinski definition) is 2. The van der Waals surface area contributed by atoms with E-state index in [-0.39, 0.29) is 17.2 Å². The van der Waals surface area contributed by atoms with Gasteiger partial charge in [-0.3, -0.25) is 0 Å². The summed E-state index contributed by atoms with van der Waals surface area (Å²) in [7, 11) is 0. The highest BCUT2D eigenvalue weighted by Crippen LogP contribution is 2.40. The normalized spacial score (nSPS) is 21.9. The van der Waals surface area contributed by atoms with Gasteiger partial charge in [0, 0.05) is 10.5 Å². The lowest BCUT2D eigenvalue weighted by atomic mass is 9.73. The van der Waals surface area contributed by atoms with E-state index in [2.05, 4.69) is 39.8 Å². The summed E-state index contributed by atoms with van der Waals surface area (Å²) in [5.41, 5.74) is 0.441. The van der Waals surface area contributed by atoms with Gasteiger partial charge < -0.3 is 10.1 Å². The summed E-state index contributed by atoms with van der Waals surface area (Å²) < 4.78 is 42.2. The first kappa shape index (κ1) is 16.5. The lowest BCUT2D eigenvalue weighted by Crippen LogP contribution is -2.39. The third-order valence-electron chi connectivity index (χ3n) is 4.01. The van der Waals surface area contributed by atoms with Crippen LogP contribution in [0.15, 0.2) is 22.7 Å². The van der Waals surface area contributed by atoms with Gasteiger partial charge in [-0.2, -0.15) is 0 Å². The Labute approximate surface area is 131 Å². The van der Waals surface area contributed by atoms with Crippen molar-refractivity contribution in [3.05, 3.63) is 22.7 Å². The average molecular weight is 366 g/mol. The Bertz CT molecular complexity index is 502. The van der Waals surface area contributed by atoms with Gasteiger partial charge in [-0.1, -0.05) is 42.6 Å². The van der Waals surface area contributed by atoms with Crippen molar-refractivity contribution in [2.45, 2.75) is 51.9 Å². The molecule has 0 heterocycles. The Balaban J connectivity index is 2.23. The fourth-order valence-electron chi connectivity index (χ4n) is 2.77. The lowest BCUT2D eigenvalue weighted by molar-refractivity contribution is -0.274. The van der Waals surface area contributed by atoms with Crippen molar-refractivity contribution in [3.63, 3.8) is 0 Å². The van der Waals surface area contributed by atoms with Crippen molar-refractivity contribution in [3.8, 4) is 5.75 Å². The topological polar surface area (TPSA) is 21.3 Å². The molecule has 1 fully saturated rings. The molecular weight excluding hydrogens is 347 g/mol. The van der Waals surface area contributed by atoms with Crippen LogP contribution in [0, 0.1) is 5.41 Å². The Kier molecular flexibility index (Phi) is 4.76. The number of alkyl halides is 3. The second-order valence-corrected chi connectivity index (χ2v) is 7.04. The molecule has 1 aromatic carbocycles. The summed E-state index contributed by atoms with van der Waals surface area (Å²) in [6, 6.07) is 4.81. The highest BCUT2D eigenvalue weighted by atomic mass is 79.9. The van der Waals surface area contributed by atoms with E-state index in [4.69, 9.17) is 0 Å². The summed E-state index contributed by atoms with van der Waals surface area (Å²) in [5.74, 6) is -0.196. The molecule has 1 unspecified atom stereocenters. The molecule has 0 amide bonds. The van der Waals surface area contributed by atoms with Gasteiger partial charge in [0.05, 0.1) is 5.69 Å². The maximum atomic E-state index is 12.5. The molecule has 0 bridgehead atoms. The van der Waals surface area contributed by atoms with Crippen molar-refractivity contribution < 1.29 is 17.9 Å². The molecule has 1 atom stereocenters. The fraction of sp³-hybridized carbons (Fsp3) is 0.600. The zero-order valence-electron chi connectivity index (χ0n) is 12.1. The predicted molar refractivity (Wildman–Crippen MR) is 80.5 cm³/mol. The smallest absolute Gasteiger partial charge is 0.404 e. The van der Waals surface area contributed by atoms with E-state index in [1.165, 1.54) is 6.07 Å². The summed E-state index contributed by atoms with van der Waals surface area (Å²) in [5, 5.41) is 3.24. The van der Waals surface area contributed by atoms with Crippen LogP contribution in [0.25, 0.3) is 0 Å². The summed E-state index contributed by atoms with van der Waals surface area (Å²) in [4.78, 5) is 0. The first-order valence-corrected chi connectivity index (χ1v) is 7.78. The van der Waals surface area contributed by atoms with Crippen LogP contribution in [0.3, 0.4) is 0 Å². The maximum Gasteiger partial charge on any atom is 0.573 e. The Morgan fingerprint density at radius 3 is 2.62 bits per heavy atom. The summed E-state index contributed by atoms with van der Waals surface area (Å²) in [6.07, 6.45) is -0.422. The monoisotopic (exact) mass is 365 g/mol. The van der Waals surface area contributed by atoms with Crippen LogP contribution in [0.1, 0.15) is 39.5 Å². The number of halogens is 4. The molecule has 0 saturated heterocycles. The number of anilines is 1. The zero-order valence-corrected chi connectivity index (χ0v) is 13.6. The van der Waals surface area contributed by atoms with Crippen molar-refractivity contribution >= 4 is 21.6 Å². The van der Waals surface area contributed by atoms with E-state index in [0.717, 1.165) is 25.7 Å². The van der Waals surface area contributed by atoms with E-state index in [9.17, 15) is 13.2 Å². The van der Waals surface area contributed by atoms with Gasteiger partial charge in [0.25, 0.3) is 0 Å². The van der Waals surface area contributed by atoms with Gasteiger partial charge >= 0.3 is 6.36 Å². The molecule has 1 aromatic rings. The second kappa shape index (κ2) is 6.07. The van der Waals surface area contributed by atoms with Crippen LogP contribution in [-0.2, 0) is 0 Å². The molecule has 118 valence electrons. The number of rotatable bonds is 3. The molecule has 6 heteroatoms. The molecule has 1 N–H and O–H groups in total. The minimum Gasteiger partial charge on any atom is -0.404 e. The Hall–Kier alpha value is -0.910. The number of nitrogens with one attached hydrogen (secondary N) is 1. The molecule has 0 aromatic heterocycles. The number of benzene rings is 1. The maximum absolute atomic E-state index is 12.5. The first-order chi connectivity index (χ1) is 9.67. The molecule has 2 rings (SSSR count). The largest absolute Gasteiger partial charge is 0.573 e. The number of hydrogen-bond donors (Lipinski definition) is 1. The van der Waals surface area contributed by atoms with E-state index in [1.54, 1.807) is 12.1 Å². The van der Waals surface area contributed by atoms with Gasteiger partial charge in [0.1, 0.15) is 0 Å². The second-order valence-electron chi connectivity index (χ2n) is 6.12. The van der Waals surface area contributed by atoms with Gasteiger partial charge in [-0.05, 0) is 36.5 Å². The molecule has 1 saturated carbocycles. The molecule has 0 aliphatic heterocycles. The highest BCUT2D eigenvalue weighted by Gasteiger charge is 2.35. The van der Waals surface area contributed by atoms with Crippen LogP contribution in [0.2, 0.25) is 0 Å². The third-order valence-corrected chi connectivity index (χ3v) is 4.50. The molecule has 0 radical (unpaired) electrons. The minimum absolute atomic E-state index is 0.0564. The van der Waals surface area contributed by atoms with E-state index in [0.29, 0.717) is 10.2 Å². The minimum atomic E-state index is -4.70. The Morgan fingerprint density at radius 2 is 2.00 bits per heavy atom. The molecule has 1 aliphatic rings. The first-order valence-electron chi connectivity index (χ1n) is 6.99. The molecule has 2 nitrogen and oxygen atoms in total. The fourth-order valence-corrected chi connectivity index (χ4v) is 3.11. The van der Waals surface area contributed by atoms with Crippen LogP contribution in [0.4, 0.5) is 18.9 Å². The summed E-state index contributed by atoms with van der Waals surface area (Å²) >= 11 is 3.18. The molecule has 21 heavy (non-hydrogen) atoms. The van der Waals surface area contributed by atoms with Gasteiger partial charge in [0.15, 0.2) is 5.75 Å². The van der Waals surface area contributed by atoms with E-state index < -0.39 is 6.36 Å². The van der Waals surface area contributed by atoms with Crippen molar-refractivity contribution in [2.75, 3.05) is 5.32 Å². The summed E-state index contributed by atoms with van der Waals surface area (Å²) in [6.45, 7) is 4.29. The lowest BCUT2D eigenvalue weighted by Gasteiger charge is -2.39. The van der Waals surface area contributed by atoms with Crippen LogP contribution in [0.5, 0.6) is 5.75 Å². The Morgan fingerprint density at radius 1 is 1.29 bits per heavy atom. The quantitative estimate of drug-likeness (QED) is 0.738. The SMILES string of the molecule is CC1(C)CCCCC1Nc1ccc(Br)cc1OC(F)(F)F. The standard InChI is InChI=1S/C15H19BrF3NO/c1-14(2)8-4-3-5-13(14)20-11-7-6-10(16)9-12(11)21-15(17,18)19/h6-7,9,13,20H,3-5,8H2,1-2H3. The van der Waals surface area contributed by atoms with Crippen molar-refractivity contribution in [2.24, 2.45) is 5.41 Å². The van der Waals surface area contributed by atoms with E-state index in [1.807, 2.05) is 0 Å². The van der Waals surface area contributed by atoms with E-state index >= 15 is 0 Å². The van der Waals surface area contributed by atoms with Gasteiger partial charge in [-0.25, -0.2) is 0 Å². The highest BCUT2D eigenvalue weighted by molar-refractivity contribution is 9.10. The third kappa shape index (κ3) is 4.53. The predicted octanol–water partition coefficient (Wildman–Crippen LogP) is 5.73. The van der Waals surface area contributed by atoms with Crippen LogP contribution in [-0.4, -0.2) is 12.4 Å². The van der Waals surface area contributed by atoms with Crippen molar-refractivity contribution in [1.29, 1.82) is 0 Å². The van der Waals surface area contributed by atoms with Crippen molar-refractivity contribution in [1.82, 2.24) is 0 Å². The van der Waals surface area contributed by atoms with Gasteiger partial charge in [0.2, 0.25) is 0 Å².